The van der Waals surface area contributed by atoms with Gasteiger partial charge in [-0.3, -0.25) is 4.90 Å². The number of benzene rings is 1. The second-order valence-electron chi connectivity index (χ2n) is 4.77. The summed E-state index contributed by atoms with van der Waals surface area (Å²) in [5.41, 5.74) is -0.571. The molecule has 1 nitrogen and oxygen atoms in total. The van der Waals surface area contributed by atoms with E-state index in [-0.39, 0.29) is 12.1 Å². The summed E-state index contributed by atoms with van der Waals surface area (Å²) in [6, 6.07) is 2.37. The Morgan fingerprint density at radius 2 is 1.78 bits per heavy atom. The molecule has 1 heterocycles. The zero-order chi connectivity index (χ0) is 13.3. The van der Waals surface area contributed by atoms with Crippen molar-refractivity contribution in [2.75, 3.05) is 13.1 Å². The molecule has 5 heteroatoms. The van der Waals surface area contributed by atoms with Crippen molar-refractivity contribution in [3.05, 3.63) is 34.6 Å². The van der Waals surface area contributed by atoms with E-state index in [2.05, 4.69) is 0 Å². The van der Waals surface area contributed by atoms with Gasteiger partial charge in [0.05, 0.1) is 5.56 Å². The molecule has 1 aliphatic heterocycles. The zero-order valence-corrected chi connectivity index (χ0v) is 10.1. The van der Waals surface area contributed by atoms with Crippen LogP contribution in [0.15, 0.2) is 12.1 Å². The fourth-order valence-electron chi connectivity index (χ4n) is 2.35. The molecule has 0 spiro atoms. The maximum atomic E-state index is 13.9. The molecular weight excluding hydrogens is 246 g/mol. The van der Waals surface area contributed by atoms with Gasteiger partial charge in [0, 0.05) is 12.1 Å². The van der Waals surface area contributed by atoms with Crippen molar-refractivity contribution in [1.29, 1.82) is 0 Å². The molecule has 0 atom stereocenters. The van der Waals surface area contributed by atoms with E-state index in [1.165, 1.54) is 6.07 Å². The van der Waals surface area contributed by atoms with Gasteiger partial charge in [0.25, 0.3) is 0 Å². The molecule has 0 amide bonds. The van der Waals surface area contributed by atoms with E-state index < -0.39 is 17.6 Å². The number of aryl methyl sites for hydroxylation is 1. The van der Waals surface area contributed by atoms with E-state index in [4.69, 9.17) is 0 Å². The van der Waals surface area contributed by atoms with Crippen molar-refractivity contribution in [3.8, 4) is 0 Å². The Morgan fingerprint density at radius 3 is 2.33 bits per heavy atom. The first-order chi connectivity index (χ1) is 8.38. The quantitative estimate of drug-likeness (QED) is 0.733. The minimum Gasteiger partial charge on any atom is -0.299 e. The Kier molecular flexibility index (Phi) is 3.61. The topological polar surface area (TPSA) is 3.24 Å². The van der Waals surface area contributed by atoms with Crippen LogP contribution in [-0.2, 0) is 12.7 Å². The Hall–Kier alpha value is -1.10. The standard InChI is InChI=1S/C13H15F4N/c1-9-6-10(8-18-4-2-3-5-18)12(14)11(7-9)13(15,16)17/h6-7H,2-5,8H2,1H3. The summed E-state index contributed by atoms with van der Waals surface area (Å²) in [5.74, 6) is -1.13. The molecule has 1 aromatic carbocycles. The Morgan fingerprint density at radius 1 is 1.17 bits per heavy atom. The van der Waals surface area contributed by atoms with Crippen molar-refractivity contribution in [2.45, 2.75) is 32.5 Å². The van der Waals surface area contributed by atoms with Crippen LogP contribution in [0.4, 0.5) is 17.6 Å². The number of likely N-dealkylation sites (tertiary alicyclic amines) is 1. The molecule has 0 radical (unpaired) electrons. The predicted octanol–water partition coefficient (Wildman–Crippen LogP) is 3.75. The molecule has 1 aliphatic rings. The summed E-state index contributed by atoms with van der Waals surface area (Å²) in [6.07, 6.45) is -2.57. The van der Waals surface area contributed by atoms with Crippen LogP contribution in [0, 0.1) is 12.7 Å². The van der Waals surface area contributed by atoms with Crippen LogP contribution in [0.2, 0.25) is 0 Å². The minimum atomic E-state index is -4.63. The number of halogens is 4. The minimum absolute atomic E-state index is 0.143. The first kappa shape index (κ1) is 13.3. The molecule has 0 saturated carbocycles. The van der Waals surface area contributed by atoms with E-state index in [0.717, 1.165) is 32.0 Å². The van der Waals surface area contributed by atoms with Gasteiger partial charge in [-0.05, 0) is 44.5 Å². The monoisotopic (exact) mass is 261 g/mol. The fraction of sp³-hybridized carbons (Fsp3) is 0.538. The number of hydrogen-bond donors (Lipinski definition) is 0. The van der Waals surface area contributed by atoms with E-state index in [1.54, 1.807) is 6.92 Å². The van der Waals surface area contributed by atoms with Crippen LogP contribution in [0.1, 0.15) is 29.5 Å². The summed E-state index contributed by atoms with van der Waals surface area (Å²) in [5, 5.41) is 0. The molecule has 1 aromatic rings. The Balaban J connectivity index is 2.32. The molecule has 1 saturated heterocycles. The van der Waals surface area contributed by atoms with E-state index >= 15 is 0 Å². The molecule has 0 unspecified atom stereocenters. The second kappa shape index (κ2) is 4.88. The molecule has 0 bridgehead atoms. The van der Waals surface area contributed by atoms with Crippen molar-refractivity contribution in [2.24, 2.45) is 0 Å². The first-order valence-electron chi connectivity index (χ1n) is 5.96. The summed E-state index contributed by atoms with van der Waals surface area (Å²) in [6.45, 7) is 3.47. The Bertz CT molecular complexity index is 433. The third-order valence-corrected chi connectivity index (χ3v) is 3.19. The van der Waals surface area contributed by atoms with Crippen LogP contribution < -0.4 is 0 Å². The van der Waals surface area contributed by atoms with Gasteiger partial charge in [0.1, 0.15) is 5.82 Å². The average Bonchev–Trinajstić information content (AvgIpc) is 2.74. The highest BCUT2D eigenvalue weighted by molar-refractivity contribution is 5.33. The number of nitrogens with zero attached hydrogens (tertiary/aromatic N) is 1. The summed E-state index contributed by atoms with van der Waals surface area (Å²) in [4.78, 5) is 1.98. The van der Waals surface area contributed by atoms with Crippen LogP contribution in [-0.4, -0.2) is 18.0 Å². The van der Waals surface area contributed by atoms with Crippen LogP contribution in [0.25, 0.3) is 0 Å². The molecule has 0 N–H and O–H groups in total. The maximum Gasteiger partial charge on any atom is 0.419 e. The third-order valence-electron chi connectivity index (χ3n) is 3.19. The van der Waals surface area contributed by atoms with Crippen molar-refractivity contribution < 1.29 is 17.6 Å². The SMILES string of the molecule is Cc1cc(CN2CCCC2)c(F)c(C(F)(F)F)c1. The molecule has 2 rings (SSSR count). The van der Waals surface area contributed by atoms with Gasteiger partial charge in [-0.2, -0.15) is 13.2 Å². The fourth-order valence-corrected chi connectivity index (χ4v) is 2.35. The molecule has 18 heavy (non-hydrogen) atoms. The molecule has 0 aliphatic carbocycles. The first-order valence-corrected chi connectivity index (χ1v) is 5.96. The van der Waals surface area contributed by atoms with Gasteiger partial charge in [-0.1, -0.05) is 6.07 Å². The lowest BCUT2D eigenvalue weighted by Gasteiger charge is -2.18. The van der Waals surface area contributed by atoms with Gasteiger partial charge < -0.3 is 0 Å². The number of rotatable bonds is 2. The normalized spacial score (nSPS) is 17.4. The predicted molar refractivity (Wildman–Crippen MR) is 60.7 cm³/mol. The van der Waals surface area contributed by atoms with Crippen molar-refractivity contribution in [3.63, 3.8) is 0 Å². The summed E-state index contributed by atoms with van der Waals surface area (Å²) in [7, 11) is 0. The lowest BCUT2D eigenvalue weighted by Crippen LogP contribution is -2.20. The molecule has 1 fully saturated rings. The van der Waals surface area contributed by atoms with E-state index in [0.29, 0.717) is 5.56 Å². The molecule has 0 aromatic heterocycles. The van der Waals surface area contributed by atoms with Crippen LogP contribution >= 0.6 is 0 Å². The highest BCUT2D eigenvalue weighted by Gasteiger charge is 2.35. The zero-order valence-electron chi connectivity index (χ0n) is 10.1. The van der Waals surface area contributed by atoms with E-state index in [1.807, 2.05) is 4.90 Å². The van der Waals surface area contributed by atoms with Crippen LogP contribution in [0.5, 0.6) is 0 Å². The smallest absolute Gasteiger partial charge is 0.299 e. The lowest BCUT2D eigenvalue weighted by atomic mass is 10.0. The second-order valence-corrected chi connectivity index (χ2v) is 4.77. The summed E-state index contributed by atoms with van der Waals surface area (Å²) < 4.78 is 51.9. The summed E-state index contributed by atoms with van der Waals surface area (Å²) >= 11 is 0. The average molecular weight is 261 g/mol. The molecular formula is C13H15F4N. The lowest BCUT2D eigenvalue weighted by molar-refractivity contribution is -0.140. The highest BCUT2D eigenvalue weighted by Crippen LogP contribution is 2.33. The van der Waals surface area contributed by atoms with Gasteiger partial charge in [0.15, 0.2) is 0 Å². The van der Waals surface area contributed by atoms with Gasteiger partial charge in [0.2, 0.25) is 0 Å². The van der Waals surface area contributed by atoms with Gasteiger partial charge in [-0.25, -0.2) is 4.39 Å². The van der Waals surface area contributed by atoms with Crippen molar-refractivity contribution in [1.82, 2.24) is 4.90 Å². The largest absolute Gasteiger partial charge is 0.419 e. The molecule has 100 valence electrons. The van der Waals surface area contributed by atoms with Crippen LogP contribution in [0.3, 0.4) is 0 Å². The van der Waals surface area contributed by atoms with Crippen molar-refractivity contribution >= 4 is 0 Å². The number of alkyl halides is 3. The van der Waals surface area contributed by atoms with Gasteiger partial charge in [-0.15, -0.1) is 0 Å². The van der Waals surface area contributed by atoms with Gasteiger partial charge >= 0.3 is 6.18 Å². The highest BCUT2D eigenvalue weighted by atomic mass is 19.4. The Labute approximate surface area is 103 Å². The maximum absolute atomic E-state index is 13.9. The third kappa shape index (κ3) is 2.83. The number of hydrogen-bond acceptors (Lipinski definition) is 1. The van der Waals surface area contributed by atoms with E-state index in [9.17, 15) is 17.6 Å².